The first-order chi connectivity index (χ1) is 8.74. The fourth-order valence-corrected chi connectivity index (χ4v) is 2.98. The highest BCUT2D eigenvalue weighted by atomic mass is 35.7. The van der Waals surface area contributed by atoms with E-state index in [1.54, 1.807) is 0 Å². The Labute approximate surface area is 122 Å². The maximum absolute atomic E-state index is 11.7. The summed E-state index contributed by atoms with van der Waals surface area (Å²) in [5.74, 6) is 0.157. The van der Waals surface area contributed by atoms with Crippen molar-refractivity contribution in [2.24, 2.45) is 5.92 Å². The number of hydrogen-bond donors (Lipinski definition) is 1. The Kier molecular flexibility index (Phi) is 5.64. The van der Waals surface area contributed by atoms with Crippen LogP contribution in [0.1, 0.15) is 26.7 Å². The molecule has 1 unspecified atom stereocenters. The molecule has 7 heteroatoms. The molecule has 0 heterocycles. The van der Waals surface area contributed by atoms with Gasteiger partial charge in [-0.3, -0.25) is 4.79 Å². The molecule has 0 spiro atoms. The van der Waals surface area contributed by atoms with Crippen molar-refractivity contribution < 1.29 is 13.2 Å². The number of carbonyl (C=O) groups is 1. The predicted octanol–water partition coefficient (Wildman–Crippen LogP) is 3.64. The van der Waals surface area contributed by atoms with Crippen LogP contribution in [0.15, 0.2) is 23.1 Å². The third-order valence-electron chi connectivity index (χ3n) is 2.71. The number of amides is 1. The van der Waals surface area contributed by atoms with Crippen LogP contribution in [0.4, 0.5) is 5.69 Å². The van der Waals surface area contributed by atoms with Crippen LogP contribution in [-0.4, -0.2) is 14.3 Å². The summed E-state index contributed by atoms with van der Waals surface area (Å²) < 4.78 is 22.3. The Hall–Kier alpha value is -0.780. The van der Waals surface area contributed by atoms with Gasteiger partial charge in [-0.05, 0) is 24.1 Å². The third-order valence-corrected chi connectivity index (χ3v) is 4.51. The number of benzene rings is 1. The van der Waals surface area contributed by atoms with E-state index in [4.69, 9.17) is 22.3 Å². The normalized spacial score (nSPS) is 13.1. The first kappa shape index (κ1) is 16.3. The Morgan fingerprint density at radius 2 is 2.05 bits per heavy atom. The van der Waals surface area contributed by atoms with Gasteiger partial charge in [-0.2, -0.15) is 0 Å². The largest absolute Gasteiger partial charge is 0.326 e. The second-order valence-corrected chi connectivity index (χ2v) is 7.29. The van der Waals surface area contributed by atoms with Gasteiger partial charge in [0.15, 0.2) is 0 Å². The van der Waals surface area contributed by atoms with E-state index in [0.717, 1.165) is 6.42 Å². The molecule has 1 aromatic rings. The highest BCUT2D eigenvalue weighted by Gasteiger charge is 2.15. The monoisotopic (exact) mass is 323 g/mol. The Bertz CT molecular complexity index is 572. The minimum Gasteiger partial charge on any atom is -0.326 e. The molecule has 0 aliphatic rings. The van der Waals surface area contributed by atoms with Gasteiger partial charge in [-0.1, -0.05) is 31.9 Å². The second-order valence-electron chi connectivity index (χ2n) is 4.35. The van der Waals surface area contributed by atoms with E-state index < -0.39 is 9.05 Å². The van der Waals surface area contributed by atoms with Gasteiger partial charge in [0, 0.05) is 22.8 Å². The van der Waals surface area contributed by atoms with Crippen molar-refractivity contribution in [1.82, 2.24) is 0 Å². The minimum atomic E-state index is -3.87. The van der Waals surface area contributed by atoms with Crippen LogP contribution in [0.2, 0.25) is 5.02 Å². The van der Waals surface area contributed by atoms with E-state index in [0.29, 0.717) is 12.1 Å². The highest BCUT2D eigenvalue weighted by molar-refractivity contribution is 8.13. The average Bonchev–Trinajstić information content (AvgIpc) is 2.26. The van der Waals surface area contributed by atoms with E-state index in [2.05, 4.69) is 5.32 Å². The Morgan fingerprint density at radius 1 is 1.42 bits per heavy atom. The van der Waals surface area contributed by atoms with Gasteiger partial charge in [0.1, 0.15) is 4.90 Å². The molecule has 0 aliphatic carbocycles. The zero-order chi connectivity index (χ0) is 14.6. The van der Waals surface area contributed by atoms with Gasteiger partial charge < -0.3 is 5.32 Å². The molecule has 19 heavy (non-hydrogen) atoms. The standard InChI is InChI=1S/C12H15Cl2NO3S/c1-3-8(2)6-12(16)15-9-4-5-11(10(13)7-9)19(14,17)18/h4-5,7-8H,3,6H2,1-2H3,(H,15,16). The third kappa shape index (κ3) is 5.01. The Morgan fingerprint density at radius 3 is 2.53 bits per heavy atom. The molecule has 0 aliphatic heterocycles. The van der Waals surface area contributed by atoms with Crippen molar-refractivity contribution in [3.8, 4) is 0 Å². The zero-order valence-electron chi connectivity index (χ0n) is 10.6. The summed E-state index contributed by atoms with van der Waals surface area (Å²) in [5, 5.41) is 2.65. The van der Waals surface area contributed by atoms with Gasteiger partial charge in [0.25, 0.3) is 9.05 Å². The second kappa shape index (κ2) is 6.59. The van der Waals surface area contributed by atoms with Gasteiger partial charge in [-0.15, -0.1) is 0 Å². The number of halogens is 2. The molecule has 1 atom stereocenters. The summed E-state index contributed by atoms with van der Waals surface area (Å²) in [7, 11) is 1.34. The number of carbonyl (C=O) groups excluding carboxylic acids is 1. The number of hydrogen-bond acceptors (Lipinski definition) is 3. The van der Waals surface area contributed by atoms with E-state index in [1.807, 2.05) is 13.8 Å². The van der Waals surface area contributed by atoms with Gasteiger partial charge in [0.05, 0.1) is 5.02 Å². The molecule has 1 amide bonds. The topological polar surface area (TPSA) is 63.2 Å². The summed E-state index contributed by atoms with van der Waals surface area (Å²) >= 11 is 5.82. The first-order valence-corrected chi connectivity index (χ1v) is 8.46. The van der Waals surface area contributed by atoms with Gasteiger partial charge >= 0.3 is 0 Å². The smallest absolute Gasteiger partial charge is 0.262 e. The number of nitrogens with one attached hydrogen (secondary N) is 1. The number of anilines is 1. The lowest BCUT2D eigenvalue weighted by atomic mass is 10.1. The van der Waals surface area contributed by atoms with E-state index in [-0.39, 0.29) is 21.7 Å². The van der Waals surface area contributed by atoms with Crippen molar-refractivity contribution in [2.45, 2.75) is 31.6 Å². The molecule has 1 rings (SSSR count). The molecule has 0 saturated heterocycles. The van der Waals surface area contributed by atoms with Crippen LogP contribution in [-0.2, 0) is 13.8 Å². The fraction of sp³-hybridized carbons (Fsp3) is 0.417. The molecule has 1 aromatic carbocycles. The summed E-state index contributed by atoms with van der Waals surface area (Å²) in [6.45, 7) is 3.99. The summed E-state index contributed by atoms with van der Waals surface area (Å²) in [5.41, 5.74) is 0.447. The van der Waals surface area contributed by atoms with Crippen LogP contribution in [0.25, 0.3) is 0 Å². The first-order valence-electron chi connectivity index (χ1n) is 5.78. The van der Waals surface area contributed by atoms with E-state index >= 15 is 0 Å². The van der Waals surface area contributed by atoms with Crippen molar-refractivity contribution >= 4 is 42.9 Å². The quantitative estimate of drug-likeness (QED) is 0.841. The van der Waals surface area contributed by atoms with Crippen LogP contribution in [0.3, 0.4) is 0 Å². The lowest BCUT2D eigenvalue weighted by molar-refractivity contribution is -0.117. The van der Waals surface area contributed by atoms with Crippen molar-refractivity contribution in [3.05, 3.63) is 23.2 Å². The van der Waals surface area contributed by atoms with Gasteiger partial charge in [0.2, 0.25) is 5.91 Å². The molecule has 0 bridgehead atoms. The average molecular weight is 324 g/mol. The maximum atomic E-state index is 11.7. The van der Waals surface area contributed by atoms with E-state index in [1.165, 1.54) is 18.2 Å². The fourth-order valence-electron chi connectivity index (χ4n) is 1.45. The molecule has 0 radical (unpaired) electrons. The molecule has 1 N–H and O–H groups in total. The predicted molar refractivity (Wildman–Crippen MR) is 77.2 cm³/mol. The molecule has 0 saturated carbocycles. The Balaban J connectivity index is 2.83. The van der Waals surface area contributed by atoms with Crippen molar-refractivity contribution in [1.29, 1.82) is 0 Å². The lowest BCUT2D eigenvalue weighted by Gasteiger charge is -2.10. The lowest BCUT2D eigenvalue weighted by Crippen LogP contribution is -2.14. The molecular weight excluding hydrogens is 309 g/mol. The van der Waals surface area contributed by atoms with Crippen LogP contribution >= 0.6 is 22.3 Å². The molecule has 106 valence electrons. The molecule has 0 aromatic heterocycles. The molecule has 0 fully saturated rings. The van der Waals surface area contributed by atoms with E-state index in [9.17, 15) is 13.2 Å². The van der Waals surface area contributed by atoms with Crippen LogP contribution in [0, 0.1) is 5.92 Å². The summed E-state index contributed by atoms with van der Waals surface area (Å²) in [6, 6.07) is 4.09. The zero-order valence-corrected chi connectivity index (χ0v) is 12.9. The van der Waals surface area contributed by atoms with Crippen molar-refractivity contribution in [2.75, 3.05) is 5.32 Å². The molecule has 4 nitrogen and oxygen atoms in total. The molecular formula is C12H15Cl2NO3S. The van der Waals surface area contributed by atoms with Crippen LogP contribution in [0.5, 0.6) is 0 Å². The minimum absolute atomic E-state index is 0.0173. The SMILES string of the molecule is CCC(C)CC(=O)Nc1ccc(S(=O)(=O)Cl)c(Cl)c1. The maximum Gasteiger partial charge on any atom is 0.262 e. The highest BCUT2D eigenvalue weighted by Crippen LogP contribution is 2.27. The van der Waals surface area contributed by atoms with Crippen molar-refractivity contribution in [3.63, 3.8) is 0 Å². The summed E-state index contributed by atoms with van der Waals surface area (Å²) in [4.78, 5) is 11.5. The van der Waals surface area contributed by atoms with Gasteiger partial charge in [-0.25, -0.2) is 8.42 Å². The number of rotatable bonds is 5. The van der Waals surface area contributed by atoms with Crippen LogP contribution < -0.4 is 5.32 Å². The summed E-state index contributed by atoms with van der Waals surface area (Å²) in [6.07, 6.45) is 1.32.